The topological polar surface area (TPSA) is 102 Å². The van der Waals surface area contributed by atoms with Crippen LogP contribution < -0.4 is 16.4 Å². The number of methoxy groups -OCH3 is 1. The molecule has 7 nitrogen and oxygen atoms in total. The summed E-state index contributed by atoms with van der Waals surface area (Å²) in [5.74, 6) is -0.135. The minimum absolute atomic E-state index is 0.0120. The lowest BCUT2D eigenvalue weighted by molar-refractivity contribution is -0.146. The molecular formula is C16H25ClF3N5O2. The van der Waals surface area contributed by atoms with Crippen molar-refractivity contribution in [1.29, 1.82) is 0 Å². The van der Waals surface area contributed by atoms with Crippen LogP contribution in [0.15, 0.2) is 6.07 Å². The Kier molecular flexibility index (Phi) is 8.40. The van der Waals surface area contributed by atoms with Crippen LogP contribution >= 0.6 is 11.6 Å². The largest absolute Gasteiger partial charge is 0.404 e. The summed E-state index contributed by atoms with van der Waals surface area (Å²) < 4.78 is 43.0. The van der Waals surface area contributed by atoms with Crippen molar-refractivity contribution in [2.24, 2.45) is 11.1 Å². The van der Waals surface area contributed by atoms with Gasteiger partial charge >= 0.3 is 6.18 Å². The number of carbonyl (C=O) groups is 1. The van der Waals surface area contributed by atoms with E-state index < -0.39 is 30.2 Å². The maximum absolute atomic E-state index is 12.7. The number of amides is 1. The molecule has 0 fully saturated rings. The first-order valence-electron chi connectivity index (χ1n) is 8.25. The van der Waals surface area contributed by atoms with E-state index in [1.54, 1.807) is 20.8 Å². The van der Waals surface area contributed by atoms with Crippen LogP contribution in [-0.2, 0) is 9.53 Å². The Balaban J connectivity index is 3.02. The van der Waals surface area contributed by atoms with Crippen LogP contribution in [0.3, 0.4) is 0 Å². The Morgan fingerprint density at radius 2 is 1.96 bits per heavy atom. The summed E-state index contributed by atoms with van der Waals surface area (Å²) in [5, 5.41) is 13.0. The summed E-state index contributed by atoms with van der Waals surface area (Å²) in [6, 6.07) is -1.17. The molecule has 0 spiro atoms. The Hall–Kier alpha value is -1.49. The zero-order valence-corrected chi connectivity index (χ0v) is 16.4. The smallest absolute Gasteiger partial charge is 0.385 e. The van der Waals surface area contributed by atoms with Crippen LogP contribution in [-0.4, -0.2) is 48.6 Å². The minimum Gasteiger partial charge on any atom is -0.385 e. The molecule has 0 aliphatic carbocycles. The molecule has 1 heterocycles. The molecule has 0 bridgehead atoms. The van der Waals surface area contributed by atoms with Gasteiger partial charge in [0.15, 0.2) is 11.0 Å². The number of halogens is 4. The summed E-state index contributed by atoms with van der Waals surface area (Å²) in [6.07, 6.45) is -4.20. The van der Waals surface area contributed by atoms with E-state index in [2.05, 4.69) is 20.8 Å². The van der Waals surface area contributed by atoms with Crippen molar-refractivity contribution < 1.29 is 22.7 Å². The highest BCUT2D eigenvalue weighted by Crippen LogP contribution is 2.27. The highest BCUT2D eigenvalue weighted by molar-refractivity contribution is 6.30. The second-order valence-corrected chi connectivity index (χ2v) is 7.43. The Labute approximate surface area is 161 Å². The van der Waals surface area contributed by atoms with Gasteiger partial charge in [-0.25, -0.2) is 0 Å². The number of rotatable bonds is 8. The van der Waals surface area contributed by atoms with E-state index in [4.69, 9.17) is 22.1 Å². The number of anilines is 1. The van der Waals surface area contributed by atoms with Crippen LogP contribution in [0.1, 0.15) is 38.8 Å². The molecule has 0 aromatic carbocycles. The van der Waals surface area contributed by atoms with Gasteiger partial charge in [0.25, 0.3) is 0 Å². The molecule has 4 N–H and O–H groups in total. The van der Waals surface area contributed by atoms with Crippen molar-refractivity contribution in [2.75, 3.05) is 25.6 Å². The fourth-order valence-corrected chi connectivity index (χ4v) is 2.21. The number of alkyl halides is 3. The fourth-order valence-electron chi connectivity index (χ4n) is 1.99. The zero-order chi connectivity index (χ0) is 20.8. The molecule has 0 saturated carbocycles. The normalized spacial score (nSPS) is 14.7. The second kappa shape index (κ2) is 9.63. The van der Waals surface area contributed by atoms with Gasteiger partial charge < -0.3 is 21.1 Å². The highest BCUT2D eigenvalue weighted by Gasteiger charge is 2.36. The predicted octanol–water partition coefficient (Wildman–Crippen LogP) is 2.67. The molecule has 1 rings (SSSR count). The molecule has 0 saturated heterocycles. The van der Waals surface area contributed by atoms with E-state index in [0.717, 1.165) is 0 Å². The Bertz CT molecular complexity index is 637. The van der Waals surface area contributed by atoms with Crippen LogP contribution in [0.5, 0.6) is 0 Å². The van der Waals surface area contributed by atoms with Crippen LogP contribution in [0.25, 0.3) is 0 Å². The van der Waals surface area contributed by atoms with Gasteiger partial charge in [-0.3, -0.25) is 4.79 Å². The molecule has 0 aliphatic heterocycles. The molecule has 154 valence electrons. The summed E-state index contributed by atoms with van der Waals surface area (Å²) in [5.41, 5.74) is 4.88. The average Bonchev–Trinajstić information content (AvgIpc) is 2.55. The van der Waals surface area contributed by atoms with Gasteiger partial charge in [-0.15, -0.1) is 10.2 Å². The van der Waals surface area contributed by atoms with Gasteiger partial charge in [-0.2, -0.15) is 13.2 Å². The number of nitrogens with zero attached hydrogens (tertiary/aromatic N) is 2. The molecule has 11 heteroatoms. The van der Waals surface area contributed by atoms with Crippen LogP contribution in [0.2, 0.25) is 5.15 Å². The van der Waals surface area contributed by atoms with Crippen molar-refractivity contribution in [2.45, 2.75) is 45.5 Å². The molecule has 1 amide bonds. The lowest BCUT2D eigenvalue weighted by Gasteiger charge is -2.23. The quantitative estimate of drug-likeness (QED) is 0.607. The van der Waals surface area contributed by atoms with E-state index in [1.165, 1.54) is 13.2 Å². The second-order valence-electron chi connectivity index (χ2n) is 7.07. The molecule has 0 radical (unpaired) electrons. The first kappa shape index (κ1) is 23.5. The van der Waals surface area contributed by atoms with Gasteiger partial charge in [0.1, 0.15) is 6.04 Å². The van der Waals surface area contributed by atoms with Crippen molar-refractivity contribution in [3.05, 3.63) is 16.8 Å². The third-order valence-electron chi connectivity index (χ3n) is 3.69. The average molecular weight is 412 g/mol. The minimum atomic E-state index is -4.52. The number of carbonyl (C=O) groups excluding carboxylic acids is 1. The number of hydrogen-bond acceptors (Lipinski definition) is 6. The molecule has 2 atom stereocenters. The van der Waals surface area contributed by atoms with Gasteiger partial charge in [0, 0.05) is 37.3 Å². The molecular weight excluding hydrogens is 387 g/mol. The lowest BCUT2D eigenvalue weighted by Crippen LogP contribution is -2.46. The predicted molar refractivity (Wildman–Crippen MR) is 96.4 cm³/mol. The molecule has 1 aromatic heterocycles. The van der Waals surface area contributed by atoms with Crippen LogP contribution in [0, 0.1) is 5.41 Å². The van der Waals surface area contributed by atoms with E-state index in [9.17, 15) is 18.0 Å². The zero-order valence-electron chi connectivity index (χ0n) is 15.7. The number of aromatic nitrogens is 2. The van der Waals surface area contributed by atoms with Gasteiger partial charge in [0.05, 0.1) is 0 Å². The highest BCUT2D eigenvalue weighted by atomic mass is 35.5. The summed E-state index contributed by atoms with van der Waals surface area (Å²) in [4.78, 5) is 12.1. The number of nitrogens with one attached hydrogen (secondary N) is 2. The summed E-state index contributed by atoms with van der Waals surface area (Å²) in [7, 11) is 1.47. The first-order valence-corrected chi connectivity index (χ1v) is 8.63. The molecule has 2 unspecified atom stereocenters. The van der Waals surface area contributed by atoms with E-state index in [1.807, 2.05) is 0 Å². The molecule has 27 heavy (non-hydrogen) atoms. The monoisotopic (exact) mass is 411 g/mol. The van der Waals surface area contributed by atoms with Crippen molar-refractivity contribution in [3.8, 4) is 0 Å². The molecule has 0 aliphatic rings. The van der Waals surface area contributed by atoms with Crippen molar-refractivity contribution in [3.63, 3.8) is 0 Å². The third kappa shape index (κ3) is 7.57. The molecule has 1 aromatic rings. The number of ether oxygens (including phenoxy) is 1. The van der Waals surface area contributed by atoms with Gasteiger partial charge in [-0.05, 0) is 12.5 Å². The summed E-state index contributed by atoms with van der Waals surface area (Å²) in [6.45, 7) is 4.94. The number of hydrogen-bond donors (Lipinski definition) is 3. The van der Waals surface area contributed by atoms with E-state index in [-0.39, 0.29) is 23.5 Å². The maximum atomic E-state index is 12.7. The standard InChI is InChI=1S/C16H25ClF3N5O2/c1-15(2,3)14(26)23-12-7-9(13(17)25-24-12)10(5-6-27-4)22-8-11(21)16(18,19)20/h7,10-11,22H,5-6,8,21H2,1-4H3,(H,23,24,26). The third-order valence-corrected chi connectivity index (χ3v) is 3.98. The summed E-state index contributed by atoms with van der Waals surface area (Å²) >= 11 is 6.08. The van der Waals surface area contributed by atoms with E-state index in [0.29, 0.717) is 12.0 Å². The Morgan fingerprint density at radius 1 is 1.33 bits per heavy atom. The van der Waals surface area contributed by atoms with Gasteiger partial charge in [-0.1, -0.05) is 32.4 Å². The Morgan fingerprint density at radius 3 is 2.48 bits per heavy atom. The van der Waals surface area contributed by atoms with E-state index >= 15 is 0 Å². The van der Waals surface area contributed by atoms with Crippen molar-refractivity contribution >= 4 is 23.3 Å². The first-order chi connectivity index (χ1) is 12.4. The van der Waals surface area contributed by atoms with Gasteiger partial charge in [0.2, 0.25) is 5.91 Å². The lowest BCUT2D eigenvalue weighted by atomic mass is 9.96. The van der Waals surface area contributed by atoms with Crippen LogP contribution in [0.4, 0.5) is 19.0 Å². The van der Waals surface area contributed by atoms with Crippen molar-refractivity contribution in [1.82, 2.24) is 15.5 Å². The number of nitrogens with two attached hydrogens (primary N) is 1. The fraction of sp³-hybridized carbons (Fsp3) is 0.688. The SMILES string of the molecule is COCCC(NCC(N)C(F)(F)F)c1cc(NC(=O)C(C)(C)C)nnc1Cl. The maximum Gasteiger partial charge on any atom is 0.404 e.